The third kappa shape index (κ3) is 8.17. The van der Waals surface area contributed by atoms with Crippen LogP contribution < -0.4 is 15.4 Å². The lowest BCUT2D eigenvalue weighted by atomic mass is 9.77. The molecule has 2 amide bonds. The highest BCUT2D eigenvalue weighted by atomic mass is 19.4. The van der Waals surface area contributed by atoms with Crippen molar-refractivity contribution in [2.45, 2.75) is 70.8 Å². The number of nitrogens with zero attached hydrogens (tertiary/aromatic N) is 2. The van der Waals surface area contributed by atoms with Gasteiger partial charge in [-0.25, -0.2) is 0 Å². The SMILES string of the molecule is CN=CC(C)(C)C(=O)NCC1=C(c2ccc(C(C)C)cn2)C[C@](c2ccc(OCCCC(F)(F)F)cc2)(C(F)(F)F)NC1=O. The minimum Gasteiger partial charge on any atom is -0.494 e. The van der Waals surface area contributed by atoms with Gasteiger partial charge in [0.2, 0.25) is 11.8 Å². The van der Waals surface area contributed by atoms with Gasteiger partial charge >= 0.3 is 12.4 Å². The summed E-state index contributed by atoms with van der Waals surface area (Å²) in [6.45, 7) is 6.45. The summed E-state index contributed by atoms with van der Waals surface area (Å²) in [5.41, 5.74) is -3.27. The molecule has 0 spiro atoms. The lowest BCUT2D eigenvalue weighted by Crippen LogP contribution is -2.59. The molecule has 1 aliphatic rings. The Morgan fingerprint density at radius 1 is 1.11 bits per heavy atom. The van der Waals surface area contributed by atoms with Gasteiger partial charge in [-0.15, -0.1) is 0 Å². The van der Waals surface area contributed by atoms with E-state index in [9.17, 15) is 35.9 Å². The number of hydrogen-bond acceptors (Lipinski definition) is 5. The highest BCUT2D eigenvalue weighted by Gasteiger charge is 2.59. The van der Waals surface area contributed by atoms with Gasteiger partial charge in [-0.2, -0.15) is 26.3 Å². The van der Waals surface area contributed by atoms with E-state index in [1.54, 1.807) is 26.0 Å². The summed E-state index contributed by atoms with van der Waals surface area (Å²) in [6, 6.07) is 7.96. The Labute approximate surface area is 252 Å². The molecule has 1 aromatic heterocycles. The van der Waals surface area contributed by atoms with Gasteiger partial charge in [0.05, 0.1) is 17.7 Å². The highest BCUT2D eigenvalue weighted by molar-refractivity contribution is 6.05. The van der Waals surface area contributed by atoms with Crippen LogP contribution in [0.2, 0.25) is 0 Å². The Kier molecular flexibility index (Phi) is 10.5. The molecule has 0 saturated carbocycles. The number of ether oxygens (including phenoxy) is 1. The molecule has 0 unspecified atom stereocenters. The van der Waals surface area contributed by atoms with E-state index in [1.807, 2.05) is 13.8 Å². The van der Waals surface area contributed by atoms with Crippen molar-refractivity contribution in [2.75, 3.05) is 20.2 Å². The zero-order chi connectivity index (χ0) is 32.9. The molecule has 0 aliphatic carbocycles. The van der Waals surface area contributed by atoms with E-state index >= 15 is 0 Å². The second-order valence-corrected chi connectivity index (χ2v) is 11.5. The maximum Gasteiger partial charge on any atom is 0.416 e. The molecule has 7 nitrogen and oxygen atoms in total. The fourth-order valence-corrected chi connectivity index (χ4v) is 4.76. The van der Waals surface area contributed by atoms with E-state index in [1.165, 1.54) is 31.6 Å². The molecule has 13 heteroatoms. The van der Waals surface area contributed by atoms with E-state index in [4.69, 9.17) is 4.74 Å². The Morgan fingerprint density at radius 2 is 1.77 bits per heavy atom. The van der Waals surface area contributed by atoms with Crippen LogP contribution in [0.25, 0.3) is 5.57 Å². The van der Waals surface area contributed by atoms with Gasteiger partial charge in [0.1, 0.15) is 5.75 Å². The van der Waals surface area contributed by atoms with Crippen LogP contribution in [0.4, 0.5) is 26.3 Å². The van der Waals surface area contributed by atoms with Crippen LogP contribution in [0.3, 0.4) is 0 Å². The predicted octanol–water partition coefficient (Wildman–Crippen LogP) is 6.50. The van der Waals surface area contributed by atoms with Crippen molar-refractivity contribution in [3.05, 3.63) is 65.0 Å². The maximum atomic E-state index is 15.0. The molecule has 0 fully saturated rings. The number of aliphatic imine (C=N–C) groups is 1. The number of alkyl halides is 6. The van der Waals surface area contributed by atoms with E-state index in [2.05, 4.69) is 20.6 Å². The number of carbonyl (C=O) groups is 2. The van der Waals surface area contributed by atoms with Gasteiger partial charge in [-0.1, -0.05) is 32.0 Å². The molecule has 2 N–H and O–H groups in total. The molecule has 0 radical (unpaired) electrons. The number of halogens is 6. The standard InChI is InChI=1S/C31H36F6N4O3/c1-19(2)20-7-12-25(39-16-20)23-15-29(31(35,36)37,21-8-10-22(11-9-21)44-14-6-13-30(32,33)34)41-26(42)24(23)17-40-27(43)28(3,4)18-38-5/h7-12,16,18-19H,6,13-15,17H2,1-5H3,(H,40,43)(H,41,42)/t29-/m0/s1. The number of carbonyl (C=O) groups excluding carboxylic acids is 2. The average molecular weight is 627 g/mol. The van der Waals surface area contributed by atoms with Gasteiger partial charge in [0.25, 0.3) is 0 Å². The maximum absolute atomic E-state index is 15.0. The van der Waals surface area contributed by atoms with Crippen LogP contribution in [0, 0.1) is 5.41 Å². The molecular weight excluding hydrogens is 590 g/mol. The number of amides is 2. The molecule has 0 saturated heterocycles. The van der Waals surface area contributed by atoms with Crippen molar-refractivity contribution in [2.24, 2.45) is 10.4 Å². The Hall–Kier alpha value is -3.90. The second kappa shape index (κ2) is 13.4. The largest absolute Gasteiger partial charge is 0.494 e. The van der Waals surface area contributed by atoms with Crippen molar-refractivity contribution < 1.29 is 40.7 Å². The van der Waals surface area contributed by atoms with Crippen molar-refractivity contribution in [1.82, 2.24) is 15.6 Å². The molecule has 240 valence electrons. The fourth-order valence-electron chi connectivity index (χ4n) is 4.76. The van der Waals surface area contributed by atoms with Crippen LogP contribution in [-0.2, 0) is 15.1 Å². The molecule has 44 heavy (non-hydrogen) atoms. The zero-order valence-corrected chi connectivity index (χ0v) is 25.1. The highest BCUT2D eigenvalue weighted by Crippen LogP contribution is 2.48. The summed E-state index contributed by atoms with van der Waals surface area (Å²) in [5, 5.41) is 4.79. The lowest BCUT2D eigenvalue weighted by Gasteiger charge is -2.41. The smallest absolute Gasteiger partial charge is 0.416 e. The van der Waals surface area contributed by atoms with Crippen LogP contribution >= 0.6 is 0 Å². The van der Waals surface area contributed by atoms with Crippen molar-refractivity contribution in [1.29, 1.82) is 0 Å². The fraction of sp³-hybridized carbons (Fsp3) is 0.484. The van der Waals surface area contributed by atoms with Crippen molar-refractivity contribution in [3.8, 4) is 5.75 Å². The summed E-state index contributed by atoms with van der Waals surface area (Å²) < 4.78 is 87.4. The van der Waals surface area contributed by atoms with Gasteiger partial charge < -0.3 is 15.4 Å². The molecule has 2 heterocycles. The number of aromatic nitrogens is 1. The first kappa shape index (κ1) is 34.6. The van der Waals surface area contributed by atoms with Gasteiger partial charge in [0, 0.05) is 44.4 Å². The van der Waals surface area contributed by atoms with Gasteiger partial charge in [-0.3, -0.25) is 19.6 Å². The van der Waals surface area contributed by atoms with Crippen molar-refractivity contribution in [3.63, 3.8) is 0 Å². The Morgan fingerprint density at radius 3 is 2.30 bits per heavy atom. The number of benzene rings is 1. The zero-order valence-electron chi connectivity index (χ0n) is 25.1. The minimum absolute atomic E-state index is 0.0103. The van der Waals surface area contributed by atoms with E-state index in [-0.39, 0.29) is 53.6 Å². The first-order valence-electron chi connectivity index (χ1n) is 14.0. The van der Waals surface area contributed by atoms with E-state index < -0.39 is 48.0 Å². The lowest BCUT2D eigenvalue weighted by molar-refractivity contribution is -0.201. The first-order valence-corrected chi connectivity index (χ1v) is 14.0. The van der Waals surface area contributed by atoms with Gasteiger partial charge in [-0.05, 0) is 61.1 Å². The minimum atomic E-state index is -4.98. The average Bonchev–Trinajstić information content (AvgIpc) is 2.93. The number of nitrogens with one attached hydrogen (secondary N) is 2. The van der Waals surface area contributed by atoms with Crippen LogP contribution in [0.1, 0.15) is 69.7 Å². The van der Waals surface area contributed by atoms with E-state index in [0.717, 1.165) is 17.7 Å². The summed E-state index contributed by atoms with van der Waals surface area (Å²) in [6.07, 6.45) is -8.46. The summed E-state index contributed by atoms with van der Waals surface area (Å²) in [5.74, 6) is -1.33. The summed E-state index contributed by atoms with van der Waals surface area (Å²) in [4.78, 5) is 34.6. The molecule has 0 bridgehead atoms. The Balaban J connectivity index is 2.02. The summed E-state index contributed by atoms with van der Waals surface area (Å²) >= 11 is 0. The molecular formula is C31H36F6N4O3. The molecule has 1 aliphatic heterocycles. The molecule has 1 atom stereocenters. The quantitative estimate of drug-likeness (QED) is 0.169. The van der Waals surface area contributed by atoms with E-state index in [0.29, 0.717) is 0 Å². The van der Waals surface area contributed by atoms with Crippen LogP contribution in [0.5, 0.6) is 5.75 Å². The first-order chi connectivity index (χ1) is 20.4. The van der Waals surface area contributed by atoms with Gasteiger partial charge in [0.15, 0.2) is 5.54 Å². The summed E-state index contributed by atoms with van der Waals surface area (Å²) in [7, 11) is 1.50. The normalized spacial score (nSPS) is 18.1. The number of pyridine rings is 1. The van der Waals surface area contributed by atoms with Crippen LogP contribution in [-0.4, -0.2) is 55.6 Å². The predicted molar refractivity (Wildman–Crippen MR) is 154 cm³/mol. The third-order valence-electron chi connectivity index (χ3n) is 7.34. The third-order valence-corrected chi connectivity index (χ3v) is 7.34. The number of hydrogen-bond donors (Lipinski definition) is 2. The van der Waals surface area contributed by atoms with Crippen LogP contribution in [0.15, 0.2) is 53.2 Å². The van der Waals surface area contributed by atoms with Crippen molar-refractivity contribution >= 4 is 23.6 Å². The molecule has 2 aromatic rings. The molecule has 1 aromatic carbocycles. The Bertz CT molecular complexity index is 1380. The topological polar surface area (TPSA) is 92.7 Å². The molecule has 3 rings (SSSR count). The second-order valence-electron chi connectivity index (χ2n) is 11.5. The monoisotopic (exact) mass is 626 g/mol. The number of rotatable bonds is 11.